The van der Waals surface area contributed by atoms with Crippen LogP contribution in [0.2, 0.25) is 0 Å². The van der Waals surface area contributed by atoms with Crippen molar-refractivity contribution in [2.24, 2.45) is 0 Å². The maximum atomic E-state index is 10.8. The molecule has 0 atom stereocenters. The molecule has 0 radical (unpaired) electrons. The minimum Gasteiger partial charge on any atom is -0.383 e. The van der Waals surface area contributed by atoms with E-state index in [2.05, 4.69) is 23.7 Å². The van der Waals surface area contributed by atoms with Crippen LogP contribution in [-0.2, 0) is 0 Å². The zero-order valence-electron chi connectivity index (χ0n) is 10.0. The molecule has 0 aliphatic carbocycles. The molecule has 17 heavy (non-hydrogen) atoms. The van der Waals surface area contributed by atoms with Crippen molar-refractivity contribution >= 4 is 17.3 Å². The quantitative estimate of drug-likeness (QED) is 0.626. The van der Waals surface area contributed by atoms with Crippen LogP contribution < -0.4 is 10.6 Å². The number of nitrogens with two attached hydrogens (primary N) is 1. The second-order valence-electron chi connectivity index (χ2n) is 4.93. The summed E-state index contributed by atoms with van der Waals surface area (Å²) in [4.78, 5) is 16.6. The first-order chi connectivity index (χ1) is 7.90. The van der Waals surface area contributed by atoms with E-state index in [-0.39, 0.29) is 17.0 Å². The summed E-state index contributed by atoms with van der Waals surface area (Å²) in [5, 5.41) is 10.8. The van der Waals surface area contributed by atoms with E-state index in [9.17, 15) is 10.1 Å². The molecule has 0 aromatic carbocycles. The van der Waals surface area contributed by atoms with E-state index in [0.29, 0.717) is 5.82 Å². The summed E-state index contributed by atoms with van der Waals surface area (Å²) in [7, 11) is 0. The molecule has 2 N–H and O–H groups in total. The summed E-state index contributed by atoms with van der Waals surface area (Å²) in [6, 6.07) is 2.77. The van der Waals surface area contributed by atoms with Crippen LogP contribution in [0.25, 0.3) is 0 Å². The van der Waals surface area contributed by atoms with Gasteiger partial charge in [0.2, 0.25) is 0 Å². The minimum atomic E-state index is -0.440. The minimum absolute atomic E-state index is 0.00444. The fourth-order valence-corrected chi connectivity index (χ4v) is 2.30. The van der Waals surface area contributed by atoms with Crippen molar-refractivity contribution in [3.63, 3.8) is 0 Å². The fourth-order valence-electron chi connectivity index (χ4n) is 2.30. The summed E-state index contributed by atoms with van der Waals surface area (Å²) in [6.07, 6.45) is 2.12. The van der Waals surface area contributed by atoms with Gasteiger partial charge in [0.05, 0.1) is 17.1 Å². The van der Waals surface area contributed by atoms with Gasteiger partial charge >= 0.3 is 0 Å². The van der Waals surface area contributed by atoms with E-state index in [1.54, 1.807) is 0 Å². The van der Waals surface area contributed by atoms with E-state index in [1.165, 1.54) is 12.1 Å². The van der Waals surface area contributed by atoms with Crippen molar-refractivity contribution in [2.75, 3.05) is 17.2 Å². The molecule has 0 unspecified atom stereocenters. The van der Waals surface area contributed by atoms with Gasteiger partial charge in [-0.1, -0.05) is 0 Å². The molecular weight excluding hydrogens is 220 g/mol. The molecule has 1 aliphatic rings. The van der Waals surface area contributed by atoms with Crippen LogP contribution in [0.4, 0.5) is 17.3 Å². The highest BCUT2D eigenvalue weighted by molar-refractivity contribution is 5.55. The zero-order chi connectivity index (χ0) is 12.6. The van der Waals surface area contributed by atoms with Gasteiger partial charge in [0, 0.05) is 12.1 Å². The van der Waals surface area contributed by atoms with Crippen molar-refractivity contribution in [2.45, 2.75) is 32.2 Å². The Bertz CT molecular complexity index is 459. The predicted molar refractivity (Wildman–Crippen MR) is 66.0 cm³/mol. The summed E-state index contributed by atoms with van der Waals surface area (Å²) in [5.41, 5.74) is 5.59. The van der Waals surface area contributed by atoms with Crippen LogP contribution in [0.15, 0.2) is 12.1 Å². The van der Waals surface area contributed by atoms with Crippen molar-refractivity contribution in [3.05, 3.63) is 22.2 Å². The Labute approximate surface area is 99.6 Å². The van der Waals surface area contributed by atoms with Crippen LogP contribution >= 0.6 is 0 Å². The van der Waals surface area contributed by atoms with Gasteiger partial charge in [-0.05, 0) is 26.7 Å². The topological polar surface area (TPSA) is 85.3 Å². The number of hydrogen-bond donors (Lipinski definition) is 1. The first-order valence-electron chi connectivity index (χ1n) is 5.60. The van der Waals surface area contributed by atoms with Gasteiger partial charge in [0.1, 0.15) is 11.6 Å². The van der Waals surface area contributed by atoms with Gasteiger partial charge in [0.25, 0.3) is 5.69 Å². The molecule has 0 spiro atoms. The molecule has 2 rings (SSSR count). The lowest BCUT2D eigenvalue weighted by atomic mass is 10.0. The average Bonchev–Trinajstić information content (AvgIpc) is 2.57. The Balaban J connectivity index is 2.42. The first-order valence-corrected chi connectivity index (χ1v) is 5.60. The van der Waals surface area contributed by atoms with Gasteiger partial charge < -0.3 is 10.6 Å². The normalized spacial score (nSPS) is 18.4. The van der Waals surface area contributed by atoms with Crippen LogP contribution in [0.1, 0.15) is 26.7 Å². The van der Waals surface area contributed by atoms with Crippen LogP contribution in [0.5, 0.6) is 0 Å². The van der Waals surface area contributed by atoms with E-state index in [0.717, 1.165) is 19.4 Å². The summed E-state index contributed by atoms with van der Waals surface area (Å²) in [6.45, 7) is 5.08. The highest BCUT2D eigenvalue weighted by Gasteiger charge is 2.33. The molecule has 6 nitrogen and oxygen atoms in total. The van der Waals surface area contributed by atoms with E-state index in [1.807, 2.05) is 0 Å². The molecule has 1 aromatic rings. The first kappa shape index (κ1) is 11.6. The van der Waals surface area contributed by atoms with Crippen LogP contribution in [-0.4, -0.2) is 22.0 Å². The number of nitro groups is 1. The fraction of sp³-hybridized carbons (Fsp3) is 0.545. The Morgan fingerprint density at radius 3 is 2.76 bits per heavy atom. The van der Waals surface area contributed by atoms with E-state index < -0.39 is 4.92 Å². The largest absolute Gasteiger partial charge is 0.383 e. The molecular formula is C11H16N4O2. The molecule has 1 saturated heterocycles. The third-order valence-corrected chi connectivity index (χ3v) is 3.20. The summed E-state index contributed by atoms with van der Waals surface area (Å²) in [5.74, 6) is 0.788. The Hall–Kier alpha value is -1.85. The lowest BCUT2D eigenvalue weighted by molar-refractivity contribution is -0.384. The predicted octanol–water partition coefficient (Wildman–Crippen LogP) is 1.95. The smallest absolute Gasteiger partial charge is 0.276 e. The second kappa shape index (κ2) is 3.87. The molecule has 2 heterocycles. The Morgan fingerprint density at radius 2 is 2.24 bits per heavy atom. The van der Waals surface area contributed by atoms with Crippen LogP contribution in [0.3, 0.4) is 0 Å². The third-order valence-electron chi connectivity index (χ3n) is 3.20. The second-order valence-corrected chi connectivity index (χ2v) is 4.93. The van der Waals surface area contributed by atoms with Gasteiger partial charge in [-0.2, -0.15) is 0 Å². The Morgan fingerprint density at radius 1 is 1.53 bits per heavy atom. The lowest BCUT2D eigenvalue weighted by Crippen LogP contribution is -2.38. The lowest BCUT2D eigenvalue weighted by Gasteiger charge is -2.32. The van der Waals surface area contributed by atoms with E-state index in [4.69, 9.17) is 5.73 Å². The number of nitrogen functional groups attached to an aromatic ring is 1. The van der Waals surface area contributed by atoms with Crippen molar-refractivity contribution in [1.29, 1.82) is 0 Å². The van der Waals surface area contributed by atoms with Crippen molar-refractivity contribution in [1.82, 2.24) is 4.98 Å². The highest BCUT2D eigenvalue weighted by Crippen LogP contribution is 2.34. The van der Waals surface area contributed by atoms with Gasteiger partial charge in [-0.25, -0.2) is 4.98 Å². The molecule has 0 saturated carbocycles. The standard InChI is InChI=1S/C11H16N4O2/c1-11(2)4-3-5-14(11)10-7-8(15(16)17)6-9(12)13-10/h6-7H,3-5H2,1-2H3,(H2,12,13). The molecule has 1 aromatic heterocycles. The average molecular weight is 236 g/mol. The summed E-state index contributed by atoms with van der Waals surface area (Å²) >= 11 is 0. The van der Waals surface area contributed by atoms with Gasteiger partial charge in [0.15, 0.2) is 0 Å². The molecule has 1 aliphatic heterocycles. The number of pyridine rings is 1. The Kier molecular flexibility index (Phi) is 2.65. The number of anilines is 2. The zero-order valence-corrected chi connectivity index (χ0v) is 10.0. The number of nitrogens with zero attached hydrogens (tertiary/aromatic N) is 3. The van der Waals surface area contributed by atoms with Gasteiger partial charge in [-0.15, -0.1) is 0 Å². The number of aromatic nitrogens is 1. The third kappa shape index (κ3) is 2.15. The molecule has 92 valence electrons. The molecule has 6 heteroatoms. The molecule has 1 fully saturated rings. The highest BCUT2D eigenvalue weighted by atomic mass is 16.6. The number of rotatable bonds is 2. The monoisotopic (exact) mass is 236 g/mol. The summed E-state index contributed by atoms with van der Waals surface area (Å²) < 4.78 is 0. The van der Waals surface area contributed by atoms with Crippen LogP contribution in [0, 0.1) is 10.1 Å². The molecule has 0 bridgehead atoms. The van der Waals surface area contributed by atoms with Crippen molar-refractivity contribution in [3.8, 4) is 0 Å². The van der Waals surface area contributed by atoms with Crippen molar-refractivity contribution < 1.29 is 4.92 Å². The molecule has 0 amide bonds. The maximum absolute atomic E-state index is 10.8. The number of hydrogen-bond acceptors (Lipinski definition) is 5. The van der Waals surface area contributed by atoms with E-state index >= 15 is 0 Å². The maximum Gasteiger partial charge on any atom is 0.276 e. The van der Waals surface area contributed by atoms with Gasteiger partial charge in [-0.3, -0.25) is 10.1 Å². The SMILES string of the molecule is CC1(C)CCCN1c1cc([N+](=O)[O-])cc(N)n1.